The Labute approximate surface area is 132 Å². The van der Waals surface area contributed by atoms with Crippen LogP contribution in [0.5, 0.6) is 0 Å². The van der Waals surface area contributed by atoms with Gasteiger partial charge in [0.15, 0.2) is 0 Å². The first-order chi connectivity index (χ1) is 10.6. The number of carbonyl (C=O) groups is 1. The maximum absolute atomic E-state index is 11.5. The highest BCUT2D eigenvalue weighted by Crippen LogP contribution is 2.19. The molecule has 6 nitrogen and oxygen atoms in total. The molecule has 1 aromatic carbocycles. The smallest absolute Gasteiger partial charge is 0.303 e. The summed E-state index contributed by atoms with van der Waals surface area (Å²) in [4.78, 5) is 22.3. The van der Waals surface area contributed by atoms with Crippen LogP contribution in [0.4, 0.5) is 5.69 Å². The molecule has 116 valence electrons. The lowest BCUT2D eigenvalue weighted by molar-refractivity contribution is -0.137. The molecule has 0 fully saturated rings. The molecule has 1 aromatic heterocycles. The fourth-order valence-electron chi connectivity index (χ4n) is 2.13. The maximum atomic E-state index is 11.5. The van der Waals surface area contributed by atoms with Gasteiger partial charge >= 0.3 is 5.97 Å². The van der Waals surface area contributed by atoms with Crippen LogP contribution in [-0.4, -0.2) is 27.3 Å². The Balaban J connectivity index is 2.14. The largest absolute Gasteiger partial charge is 0.481 e. The van der Waals surface area contributed by atoms with E-state index in [9.17, 15) is 9.59 Å². The van der Waals surface area contributed by atoms with E-state index in [0.29, 0.717) is 18.5 Å². The Kier molecular flexibility index (Phi) is 5.55. The predicted octanol–water partition coefficient (Wildman–Crippen LogP) is 2.31. The highest BCUT2D eigenvalue weighted by molar-refractivity contribution is 6.32. The summed E-state index contributed by atoms with van der Waals surface area (Å²) in [6, 6.07) is 9.53. The molecule has 1 atom stereocenters. The molecule has 2 rings (SSSR count). The van der Waals surface area contributed by atoms with E-state index >= 15 is 0 Å². The number of rotatable bonds is 7. The van der Waals surface area contributed by atoms with E-state index < -0.39 is 11.5 Å². The summed E-state index contributed by atoms with van der Waals surface area (Å²) in [5.74, 6) is -0.866. The second-order valence-electron chi connectivity index (χ2n) is 4.89. The summed E-state index contributed by atoms with van der Waals surface area (Å²) in [6.45, 7) is 0. The number of anilines is 1. The zero-order chi connectivity index (χ0) is 15.9. The maximum Gasteiger partial charge on any atom is 0.303 e. The second kappa shape index (κ2) is 7.61. The molecule has 0 amide bonds. The van der Waals surface area contributed by atoms with Crippen molar-refractivity contribution in [3.8, 4) is 0 Å². The molecule has 3 N–H and O–H groups in total. The van der Waals surface area contributed by atoms with Crippen LogP contribution >= 0.6 is 11.6 Å². The number of hydrogen-bond donors (Lipinski definition) is 3. The van der Waals surface area contributed by atoms with Crippen LogP contribution in [0, 0.1) is 0 Å². The minimum absolute atomic E-state index is 0.0170. The van der Waals surface area contributed by atoms with Crippen LogP contribution < -0.4 is 10.9 Å². The van der Waals surface area contributed by atoms with Gasteiger partial charge in [0.25, 0.3) is 5.56 Å². The van der Waals surface area contributed by atoms with Crippen molar-refractivity contribution in [3.05, 3.63) is 57.5 Å². The van der Waals surface area contributed by atoms with E-state index in [0.717, 1.165) is 5.56 Å². The van der Waals surface area contributed by atoms with Crippen molar-refractivity contribution in [1.82, 2.24) is 10.2 Å². The summed E-state index contributed by atoms with van der Waals surface area (Å²) < 4.78 is 0. The molecule has 0 bridgehead atoms. The number of hydrogen-bond acceptors (Lipinski definition) is 4. The summed E-state index contributed by atoms with van der Waals surface area (Å²) in [5.41, 5.74) is 0.986. The van der Waals surface area contributed by atoms with Crippen molar-refractivity contribution >= 4 is 23.3 Å². The molecule has 0 aliphatic heterocycles. The Morgan fingerprint density at radius 2 is 2.09 bits per heavy atom. The van der Waals surface area contributed by atoms with Gasteiger partial charge in [-0.3, -0.25) is 9.59 Å². The summed E-state index contributed by atoms with van der Waals surface area (Å²) in [7, 11) is 0. The third-order valence-corrected chi connectivity index (χ3v) is 3.56. The molecule has 1 unspecified atom stereocenters. The number of nitrogens with one attached hydrogen (secondary N) is 2. The molecule has 7 heteroatoms. The lowest BCUT2D eigenvalue weighted by Crippen LogP contribution is -2.25. The van der Waals surface area contributed by atoms with Gasteiger partial charge in [-0.05, 0) is 18.4 Å². The standard InChI is InChI=1S/C15H16ClN3O3/c16-14-12(9-17-19-15(14)22)18-11(6-7-13(20)21)8-10-4-2-1-3-5-10/h1-5,9,11H,6-8H2,(H,20,21)(H2,18,19,22). The molecule has 1 heterocycles. The highest BCUT2D eigenvalue weighted by Gasteiger charge is 2.14. The van der Waals surface area contributed by atoms with Crippen LogP contribution in [0.25, 0.3) is 0 Å². The molecule has 0 aliphatic rings. The van der Waals surface area contributed by atoms with E-state index in [4.69, 9.17) is 16.7 Å². The number of nitrogens with zero attached hydrogens (tertiary/aromatic N) is 1. The molecule has 0 aliphatic carbocycles. The summed E-state index contributed by atoms with van der Waals surface area (Å²) in [5, 5.41) is 17.9. The topological polar surface area (TPSA) is 95.1 Å². The van der Waals surface area contributed by atoms with Gasteiger partial charge in [0.1, 0.15) is 5.02 Å². The molecule has 0 spiro atoms. The molecule has 2 aromatic rings. The van der Waals surface area contributed by atoms with E-state index in [-0.39, 0.29) is 17.5 Å². The van der Waals surface area contributed by atoms with Crippen LogP contribution in [0.2, 0.25) is 5.02 Å². The lowest BCUT2D eigenvalue weighted by Gasteiger charge is -2.19. The number of halogens is 1. The summed E-state index contributed by atoms with van der Waals surface area (Å²) in [6.07, 6.45) is 2.48. The van der Waals surface area contributed by atoms with Gasteiger partial charge in [-0.2, -0.15) is 5.10 Å². The van der Waals surface area contributed by atoms with Gasteiger partial charge in [-0.25, -0.2) is 5.10 Å². The quantitative estimate of drug-likeness (QED) is 0.727. The molecular weight excluding hydrogens is 306 g/mol. The molecule has 0 saturated heterocycles. The number of carboxylic acids is 1. The van der Waals surface area contributed by atoms with Crippen molar-refractivity contribution in [2.75, 3.05) is 5.32 Å². The first kappa shape index (κ1) is 16.0. The van der Waals surface area contributed by atoms with Gasteiger partial charge in [0.2, 0.25) is 0 Å². The molecule has 0 saturated carbocycles. The van der Waals surface area contributed by atoms with Crippen LogP contribution in [0.3, 0.4) is 0 Å². The Bertz CT molecular complexity index is 688. The Morgan fingerprint density at radius 3 is 2.77 bits per heavy atom. The lowest BCUT2D eigenvalue weighted by atomic mass is 10.0. The first-order valence-electron chi connectivity index (χ1n) is 6.81. The van der Waals surface area contributed by atoms with Gasteiger partial charge in [0.05, 0.1) is 11.9 Å². The van der Waals surface area contributed by atoms with Crippen LogP contribution in [-0.2, 0) is 11.2 Å². The average molecular weight is 322 g/mol. The van der Waals surface area contributed by atoms with Crippen molar-refractivity contribution in [2.24, 2.45) is 0 Å². The fraction of sp³-hybridized carbons (Fsp3) is 0.267. The molecule has 0 radical (unpaired) electrons. The number of benzene rings is 1. The van der Waals surface area contributed by atoms with E-state index in [1.165, 1.54) is 6.20 Å². The SMILES string of the molecule is O=C(O)CCC(Cc1ccccc1)Nc1cn[nH]c(=O)c1Cl. The van der Waals surface area contributed by atoms with Gasteiger partial charge in [-0.1, -0.05) is 41.9 Å². The average Bonchev–Trinajstić information content (AvgIpc) is 2.50. The number of aromatic nitrogens is 2. The fourth-order valence-corrected chi connectivity index (χ4v) is 2.27. The third-order valence-electron chi connectivity index (χ3n) is 3.19. The van der Waals surface area contributed by atoms with Crippen molar-refractivity contribution in [3.63, 3.8) is 0 Å². The minimum Gasteiger partial charge on any atom is -0.481 e. The zero-order valence-corrected chi connectivity index (χ0v) is 12.5. The van der Waals surface area contributed by atoms with Gasteiger partial charge in [-0.15, -0.1) is 0 Å². The molecular formula is C15H16ClN3O3. The van der Waals surface area contributed by atoms with Crippen molar-refractivity contribution < 1.29 is 9.90 Å². The number of aromatic amines is 1. The van der Waals surface area contributed by atoms with E-state index in [1.54, 1.807) is 0 Å². The number of carboxylic acid groups (broad SMARTS) is 1. The predicted molar refractivity (Wildman–Crippen MR) is 84.3 cm³/mol. The van der Waals surface area contributed by atoms with Crippen LogP contribution in [0.1, 0.15) is 18.4 Å². The second-order valence-corrected chi connectivity index (χ2v) is 5.27. The first-order valence-corrected chi connectivity index (χ1v) is 7.19. The Hall–Kier alpha value is -2.34. The van der Waals surface area contributed by atoms with Crippen molar-refractivity contribution in [2.45, 2.75) is 25.3 Å². The number of aliphatic carboxylic acids is 1. The normalized spacial score (nSPS) is 11.9. The third kappa shape index (κ3) is 4.60. The zero-order valence-electron chi connectivity index (χ0n) is 11.8. The van der Waals surface area contributed by atoms with Gasteiger partial charge < -0.3 is 10.4 Å². The van der Waals surface area contributed by atoms with Crippen LogP contribution in [0.15, 0.2) is 41.3 Å². The summed E-state index contributed by atoms with van der Waals surface area (Å²) >= 11 is 5.94. The monoisotopic (exact) mass is 321 g/mol. The Morgan fingerprint density at radius 1 is 1.36 bits per heavy atom. The molecule has 22 heavy (non-hydrogen) atoms. The number of H-pyrrole nitrogens is 1. The highest BCUT2D eigenvalue weighted by atomic mass is 35.5. The minimum atomic E-state index is -0.866. The van der Waals surface area contributed by atoms with E-state index in [2.05, 4.69) is 15.5 Å². The van der Waals surface area contributed by atoms with Gasteiger partial charge in [0, 0.05) is 12.5 Å². The van der Waals surface area contributed by atoms with E-state index in [1.807, 2.05) is 30.3 Å². The van der Waals surface area contributed by atoms with Crippen molar-refractivity contribution in [1.29, 1.82) is 0 Å².